The first-order chi connectivity index (χ1) is 12.7. The van der Waals surface area contributed by atoms with E-state index in [1.54, 1.807) is 0 Å². The number of hydrogen-bond acceptors (Lipinski definition) is 4. The molecule has 26 heavy (non-hydrogen) atoms. The lowest BCUT2D eigenvalue weighted by molar-refractivity contribution is -0.150. The molecule has 0 unspecified atom stereocenters. The van der Waals surface area contributed by atoms with E-state index < -0.39 is 5.97 Å². The van der Waals surface area contributed by atoms with Crippen LogP contribution in [0.3, 0.4) is 0 Å². The third-order valence-electron chi connectivity index (χ3n) is 4.66. The van der Waals surface area contributed by atoms with Gasteiger partial charge in [0.1, 0.15) is 5.75 Å². The second-order valence-corrected chi connectivity index (χ2v) is 6.71. The molecule has 5 nitrogen and oxygen atoms in total. The Bertz CT molecular complexity index is 751. The summed E-state index contributed by atoms with van der Waals surface area (Å²) in [5, 5.41) is 5.10. The van der Waals surface area contributed by atoms with E-state index in [0.717, 1.165) is 36.5 Å². The first-order valence-corrected chi connectivity index (χ1v) is 9.27. The van der Waals surface area contributed by atoms with Gasteiger partial charge in [-0.3, -0.25) is 4.79 Å². The topological polar surface area (TPSA) is 64.6 Å². The number of esters is 1. The number of carbonyl (C=O) groups is 2. The van der Waals surface area contributed by atoms with Gasteiger partial charge in [0.2, 0.25) is 0 Å². The van der Waals surface area contributed by atoms with Crippen molar-refractivity contribution >= 4 is 22.6 Å². The van der Waals surface area contributed by atoms with Crippen molar-refractivity contribution in [1.82, 2.24) is 5.32 Å². The predicted molar refractivity (Wildman–Crippen MR) is 100 cm³/mol. The highest BCUT2D eigenvalue weighted by Crippen LogP contribution is 2.20. The summed E-state index contributed by atoms with van der Waals surface area (Å²) in [5.41, 5.74) is 0. The number of fused-ring (bicyclic) bond motifs is 1. The Morgan fingerprint density at radius 3 is 2.42 bits per heavy atom. The highest BCUT2D eigenvalue weighted by molar-refractivity contribution is 5.84. The zero-order valence-corrected chi connectivity index (χ0v) is 14.9. The van der Waals surface area contributed by atoms with E-state index in [-0.39, 0.29) is 25.2 Å². The second kappa shape index (κ2) is 9.22. The number of benzene rings is 2. The Labute approximate surface area is 153 Å². The number of carbonyl (C=O) groups excluding carboxylic acids is 2. The molecule has 0 aliphatic heterocycles. The first-order valence-electron chi connectivity index (χ1n) is 9.27. The lowest BCUT2D eigenvalue weighted by Gasteiger charge is -2.16. The maximum absolute atomic E-state index is 11.9. The molecule has 2 aromatic rings. The van der Waals surface area contributed by atoms with Crippen LogP contribution in [0.5, 0.6) is 5.75 Å². The molecule has 0 radical (unpaired) electrons. The zero-order valence-electron chi connectivity index (χ0n) is 14.9. The summed E-state index contributed by atoms with van der Waals surface area (Å²) in [6.07, 6.45) is 6.76. The Hall–Kier alpha value is -2.56. The third kappa shape index (κ3) is 5.48. The van der Waals surface area contributed by atoms with Crippen molar-refractivity contribution < 1.29 is 19.1 Å². The smallest absolute Gasteiger partial charge is 0.344 e. The van der Waals surface area contributed by atoms with E-state index in [1.165, 1.54) is 12.8 Å². The SMILES string of the molecule is O=C(COC(=O)COc1ccc2ccccc2c1)NC1CCCCCC1. The van der Waals surface area contributed by atoms with Gasteiger partial charge in [0.25, 0.3) is 5.91 Å². The molecule has 1 N–H and O–H groups in total. The van der Waals surface area contributed by atoms with Gasteiger partial charge in [0, 0.05) is 6.04 Å². The van der Waals surface area contributed by atoms with Crippen LogP contribution in [-0.2, 0) is 14.3 Å². The second-order valence-electron chi connectivity index (χ2n) is 6.71. The number of rotatable bonds is 6. The van der Waals surface area contributed by atoms with E-state index >= 15 is 0 Å². The molecule has 0 spiro atoms. The average molecular weight is 355 g/mol. The molecule has 1 fully saturated rings. The van der Waals surface area contributed by atoms with Crippen molar-refractivity contribution in [1.29, 1.82) is 0 Å². The highest BCUT2D eigenvalue weighted by Gasteiger charge is 2.16. The van der Waals surface area contributed by atoms with Gasteiger partial charge in [-0.1, -0.05) is 56.0 Å². The molecule has 0 heterocycles. The molecular weight excluding hydrogens is 330 g/mol. The minimum absolute atomic E-state index is 0.206. The van der Waals surface area contributed by atoms with Crippen LogP contribution in [0.15, 0.2) is 42.5 Å². The van der Waals surface area contributed by atoms with Crippen molar-refractivity contribution in [2.45, 2.75) is 44.6 Å². The monoisotopic (exact) mass is 355 g/mol. The standard InChI is InChI=1S/C21H25NO4/c23-20(22-18-9-3-1-2-4-10-18)14-26-21(24)15-25-19-12-11-16-7-5-6-8-17(16)13-19/h5-8,11-13,18H,1-4,9-10,14-15H2,(H,22,23). The fraction of sp³-hybridized carbons (Fsp3) is 0.429. The summed E-state index contributed by atoms with van der Waals surface area (Å²) in [5.74, 6) is -0.186. The molecule has 1 aliphatic rings. The van der Waals surface area contributed by atoms with Crippen molar-refractivity contribution in [3.05, 3.63) is 42.5 Å². The van der Waals surface area contributed by atoms with Crippen LogP contribution in [0.2, 0.25) is 0 Å². The molecule has 1 saturated carbocycles. The van der Waals surface area contributed by atoms with Gasteiger partial charge in [0.15, 0.2) is 13.2 Å². The molecule has 1 amide bonds. The molecule has 0 aromatic heterocycles. The Morgan fingerprint density at radius 1 is 0.923 bits per heavy atom. The molecule has 2 aromatic carbocycles. The molecule has 3 rings (SSSR count). The van der Waals surface area contributed by atoms with E-state index in [0.29, 0.717) is 5.75 Å². The normalized spacial score (nSPS) is 15.2. The zero-order chi connectivity index (χ0) is 18.2. The number of ether oxygens (including phenoxy) is 2. The van der Waals surface area contributed by atoms with Gasteiger partial charge in [0.05, 0.1) is 0 Å². The van der Waals surface area contributed by atoms with Crippen LogP contribution in [0.4, 0.5) is 0 Å². The summed E-state index contributed by atoms with van der Waals surface area (Å²) in [6, 6.07) is 13.8. The fourth-order valence-electron chi connectivity index (χ4n) is 3.28. The number of nitrogens with one attached hydrogen (secondary N) is 1. The Morgan fingerprint density at radius 2 is 1.65 bits per heavy atom. The highest BCUT2D eigenvalue weighted by atomic mass is 16.6. The number of hydrogen-bond donors (Lipinski definition) is 1. The van der Waals surface area contributed by atoms with Crippen LogP contribution >= 0.6 is 0 Å². The molecule has 0 bridgehead atoms. The fourth-order valence-corrected chi connectivity index (χ4v) is 3.28. The Kier molecular flexibility index (Phi) is 6.47. The molecular formula is C21H25NO4. The summed E-state index contributed by atoms with van der Waals surface area (Å²) >= 11 is 0. The van der Waals surface area contributed by atoms with Gasteiger partial charge in [-0.15, -0.1) is 0 Å². The first kappa shape index (κ1) is 18.2. The largest absolute Gasteiger partial charge is 0.482 e. The summed E-state index contributed by atoms with van der Waals surface area (Å²) in [7, 11) is 0. The lowest BCUT2D eigenvalue weighted by Crippen LogP contribution is -2.37. The molecule has 0 atom stereocenters. The van der Waals surface area contributed by atoms with Gasteiger partial charge >= 0.3 is 5.97 Å². The van der Waals surface area contributed by atoms with E-state index in [4.69, 9.17) is 9.47 Å². The predicted octanol–water partition coefficient (Wildman–Crippen LogP) is 3.60. The lowest BCUT2D eigenvalue weighted by atomic mass is 10.1. The average Bonchev–Trinajstić information content (AvgIpc) is 2.93. The number of amides is 1. The van der Waals surface area contributed by atoms with E-state index in [9.17, 15) is 9.59 Å². The Balaban J connectivity index is 1.39. The van der Waals surface area contributed by atoms with Gasteiger partial charge in [-0.2, -0.15) is 0 Å². The van der Waals surface area contributed by atoms with Crippen LogP contribution in [0.1, 0.15) is 38.5 Å². The van der Waals surface area contributed by atoms with Crippen molar-refractivity contribution in [2.75, 3.05) is 13.2 Å². The minimum Gasteiger partial charge on any atom is -0.482 e. The summed E-state index contributed by atoms with van der Waals surface area (Å²) in [4.78, 5) is 23.7. The van der Waals surface area contributed by atoms with Crippen LogP contribution < -0.4 is 10.1 Å². The van der Waals surface area contributed by atoms with Crippen LogP contribution in [0, 0.1) is 0 Å². The maximum Gasteiger partial charge on any atom is 0.344 e. The van der Waals surface area contributed by atoms with E-state index in [1.807, 2.05) is 42.5 Å². The van der Waals surface area contributed by atoms with Crippen molar-refractivity contribution in [3.63, 3.8) is 0 Å². The van der Waals surface area contributed by atoms with Gasteiger partial charge in [-0.25, -0.2) is 4.79 Å². The summed E-state index contributed by atoms with van der Waals surface area (Å²) < 4.78 is 10.5. The van der Waals surface area contributed by atoms with Crippen LogP contribution in [-0.4, -0.2) is 31.1 Å². The van der Waals surface area contributed by atoms with Gasteiger partial charge in [-0.05, 0) is 35.7 Å². The molecule has 5 heteroatoms. The quantitative estimate of drug-likeness (QED) is 0.635. The van der Waals surface area contributed by atoms with E-state index in [2.05, 4.69) is 5.32 Å². The molecule has 0 saturated heterocycles. The maximum atomic E-state index is 11.9. The van der Waals surface area contributed by atoms with Crippen LogP contribution in [0.25, 0.3) is 10.8 Å². The summed E-state index contributed by atoms with van der Waals surface area (Å²) in [6.45, 7) is -0.467. The molecule has 138 valence electrons. The minimum atomic E-state index is -0.547. The molecule has 1 aliphatic carbocycles. The third-order valence-corrected chi connectivity index (χ3v) is 4.66. The van der Waals surface area contributed by atoms with Crippen molar-refractivity contribution in [3.8, 4) is 5.75 Å². The van der Waals surface area contributed by atoms with Gasteiger partial charge < -0.3 is 14.8 Å². The van der Waals surface area contributed by atoms with Crippen molar-refractivity contribution in [2.24, 2.45) is 0 Å².